The molecule has 0 bridgehead atoms. The van der Waals surface area contributed by atoms with Crippen LogP contribution >= 0.6 is 0 Å². The number of benzene rings is 1. The molecule has 0 aliphatic carbocycles. The number of oxime groups is 1. The van der Waals surface area contributed by atoms with E-state index in [-0.39, 0.29) is 6.23 Å². The van der Waals surface area contributed by atoms with Crippen molar-refractivity contribution in [1.82, 2.24) is 0 Å². The summed E-state index contributed by atoms with van der Waals surface area (Å²) in [6.07, 6.45) is 1.52. The molecule has 0 amide bonds. The standard InChI is InChI=1S/C10H9N3O/c1-13-9-5-3-2-4-7(9)12-8-6-11-14-10(8)13/h2-6,10H,1H3. The van der Waals surface area contributed by atoms with Crippen molar-refractivity contribution < 1.29 is 4.84 Å². The molecule has 4 nitrogen and oxygen atoms in total. The summed E-state index contributed by atoms with van der Waals surface area (Å²) in [5.41, 5.74) is 2.91. The molecule has 0 radical (unpaired) electrons. The Labute approximate surface area is 81.5 Å². The zero-order valence-corrected chi connectivity index (χ0v) is 7.71. The molecule has 0 N–H and O–H groups in total. The Morgan fingerprint density at radius 3 is 3.14 bits per heavy atom. The number of aliphatic imine (C=N–C) groups is 1. The average Bonchev–Trinajstić information content (AvgIpc) is 2.66. The number of fused-ring (bicyclic) bond motifs is 2. The van der Waals surface area contributed by atoms with Crippen molar-refractivity contribution in [3.63, 3.8) is 0 Å². The molecule has 2 aliphatic rings. The largest absolute Gasteiger partial charge is 0.364 e. The summed E-state index contributed by atoms with van der Waals surface area (Å²) in [6, 6.07) is 7.98. The van der Waals surface area contributed by atoms with Gasteiger partial charge in [0.1, 0.15) is 5.71 Å². The molecule has 1 atom stereocenters. The van der Waals surface area contributed by atoms with E-state index in [0.717, 1.165) is 17.1 Å². The lowest BCUT2D eigenvalue weighted by Crippen LogP contribution is -2.39. The summed E-state index contributed by atoms with van der Waals surface area (Å²) < 4.78 is 0. The molecule has 1 unspecified atom stereocenters. The Kier molecular flexibility index (Phi) is 1.39. The maximum Gasteiger partial charge on any atom is 0.244 e. The number of hydrogen-bond acceptors (Lipinski definition) is 4. The van der Waals surface area contributed by atoms with Crippen molar-refractivity contribution in [2.24, 2.45) is 10.1 Å². The van der Waals surface area contributed by atoms with Crippen molar-refractivity contribution in [3.8, 4) is 0 Å². The maximum atomic E-state index is 5.19. The molecular formula is C10H9N3O. The molecule has 14 heavy (non-hydrogen) atoms. The van der Waals surface area contributed by atoms with Crippen LogP contribution in [0.3, 0.4) is 0 Å². The molecule has 1 aromatic carbocycles. The monoisotopic (exact) mass is 187 g/mol. The van der Waals surface area contributed by atoms with Crippen LogP contribution in [0, 0.1) is 0 Å². The van der Waals surface area contributed by atoms with E-state index in [1.807, 2.05) is 36.2 Å². The van der Waals surface area contributed by atoms with Crippen LogP contribution in [0.5, 0.6) is 0 Å². The SMILES string of the molecule is CN1c2ccccc2N=C2C=NOC21. The third kappa shape index (κ3) is 0.878. The minimum absolute atomic E-state index is 0.148. The molecule has 2 heterocycles. The highest BCUT2D eigenvalue weighted by Crippen LogP contribution is 2.34. The van der Waals surface area contributed by atoms with Gasteiger partial charge in [-0.3, -0.25) is 0 Å². The number of anilines is 1. The number of para-hydroxylation sites is 2. The number of nitrogens with zero attached hydrogens (tertiary/aromatic N) is 3. The Morgan fingerprint density at radius 1 is 1.36 bits per heavy atom. The Hall–Kier alpha value is -1.84. The minimum atomic E-state index is -0.148. The van der Waals surface area contributed by atoms with Crippen LogP contribution in [0.1, 0.15) is 0 Å². The van der Waals surface area contributed by atoms with E-state index >= 15 is 0 Å². The molecule has 70 valence electrons. The predicted molar refractivity (Wildman–Crippen MR) is 55.3 cm³/mol. The minimum Gasteiger partial charge on any atom is -0.364 e. The van der Waals surface area contributed by atoms with Crippen LogP contribution in [0.25, 0.3) is 0 Å². The van der Waals surface area contributed by atoms with Crippen LogP contribution in [-0.2, 0) is 4.84 Å². The molecule has 0 saturated carbocycles. The second-order valence-electron chi connectivity index (χ2n) is 3.33. The van der Waals surface area contributed by atoms with E-state index in [0.29, 0.717) is 0 Å². The van der Waals surface area contributed by atoms with Crippen LogP contribution in [-0.4, -0.2) is 25.2 Å². The fourth-order valence-electron chi connectivity index (χ4n) is 1.74. The fourth-order valence-corrected chi connectivity index (χ4v) is 1.74. The van der Waals surface area contributed by atoms with E-state index in [2.05, 4.69) is 10.1 Å². The van der Waals surface area contributed by atoms with E-state index in [1.54, 1.807) is 6.21 Å². The van der Waals surface area contributed by atoms with Gasteiger partial charge >= 0.3 is 0 Å². The Morgan fingerprint density at radius 2 is 2.21 bits per heavy atom. The highest BCUT2D eigenvalue weighted by molar-refractivity contribution is 6.35. The van der Waals surface area contributed by atoms with Gasteiger partial charge in [-0.1, -0.05) is 17.3 Å². The zero-order valence-electron chi connectivity index (χ0n) is 7.71. The van der Waals surface area contributed by atoms with Gasteiger partial charge in [0.2, 0.25) is 6.23 Å². The molecular weight excluding hydrogens is 178 g/mol. The summed E-state index contributed by atoms with van der Waals surface area (Å²) in [6.45, 7) is 0. The summed E-state index contributed by atoms with van der Waals surface area (Å²) in [5, 5.41) is 3.76. The van der Waals surface area contributed by atoms with E-state index in [1.165, 1.54) is 0 Å². The lowest BCUT2D eigenvalue weighted by molar-refractivity contribution is 0.119. The van der Waals surface area contributed by atoms with E-state index in [9.17, 15) is 0 Å². The van der Waals surface area contributed by atoms with Gasteiger partial charge in [0.05, 0.1) is 17.6 Å². The summed E-state index contributed by atoms with van der Waals surface area (Å²) >= 11 is 0. The van der Waals surface area contributed by atoms with Gasteiger partial charge < -0.3 is 9.74 Å². The third-order valence-corrected chi connectivity index (χ3v) is 2.46. The van der Waals surface area contributed by atoms with Crippen LogP contribution in [0.4, 0.5) is 11.4 Å². The normalized spacial score (nSPS) is 22.5. The van der Waals surface area contributed by atoms with Gasteiger partial charge in [-0.25, -0.2) is 4.99 Å². The summed E-state index contributed by atoms with van der Waals surface area (Å²) in [7, 11) is 1.98. The summed E-state index contributed by atoms with van der Waals surface area (Å²) in [5.74, 6) is 0. The van der Waals surface area contributed by atoms with Gasteiger partial charge in [-0.05, 0) is 12.1 Å². The number of hydrogen-bond donors (Lipinski definition) is 0. The van der Waals surface area contributed by atoms with Crippen LogP contribution < -0.4 is 4.90 Å². The molecule has 4 heteroatoms. The first-order valence-corrected chi connectivity index (χ1v) is 4.46. The molecule has 0 aromatic heterocycles. The van der Waals surface area contributed by atoms with Crippen LogP contribution in [0.15, 0.2) is 34.4 Å². The van der Waals surface area contributed by atoms with E-state index in [4.69, 9.17) is 4.84 Å². The lowest BCUT2D eigenvalue weighted by atomic mass is 10.2. The van der Waals surface area contributed by atoms with Crippen molar-refractivity contribution in [1.29, 1.82) is 0 Å². The Balaban J connectivity index is 2.19. The molecule has 1 aromatic rings. The third-order valence-electron chi connectivity index (χ3n) is 2.46. The van der Waals surface area contributed by atoms with Crippen molar-refractivity contribution in [3.05, 3.63) is 24.3 Å². The lowest BCUT2D eigenvalue weighted by Gasteiger charge is -2.29. The maximum absolute atomic E-state index is 5.19. The molecule has 0 fully saturated rings. The van der Waals surface area contributed by atoms with Gasteiger partial charge in [-0.2, -0.15) is 0 Å². The average molecular weight is 187 g/mol. The van der Waals surface area contributed by atoms with Gasteiger partial charge in [0.25, 0.3) is 0 Å². The van der Waals surface area contributed by atoms with Crippen molar-refractivity contribution >= 4 is 23.3 Å². The first kappa shape index (κ1) is 7.55. The quantitative estimate of drug-likeness (QED) is 0.618. The van der Waals surface area contributed by atoms with Gasteiger partial charge in [0.15, 0.2) is 0 Å². The van der Waals surface area contributed by atoms with Gasteiger partial charge in [0, 0.05) is 7.05 Å². The fraction of sp³-hybridized carbons (Fsp3) is 0.200. The predicted octanol–water partition coefficient (Wildman–Crippen LogP) is 1.55. The van der Waals surface area contributed by atoms with Crippen molar-refractivity contribution in [2.45, 2.75) is 6.23 Å². The van der Waals surface area contributed by atoms with Gasteiger partial charge in [-0.15, -0.1) is 0 Å². The summed E-state index contributed by atoms with van der Waals surface area (Å²) in [4.78, 5) is 11.7. The second-order valence-corrected chi connectivity index (χ2v) is 3.33. The zero-order chi connectivity index (χ0) is 9.54. The smallest absolute Gasteiger partial charge is 0.244 e. The molecule has 0 spiro atoms. The first-order valence-electron chi connectivity index (χ1n) is 4.46. The topological polar surface area (TPSA) is 37.2 Å². The molecule has 0 saturated heterocycles. The second kappa shape index (κ2) is 2.57. The van der Waals surface area contributed by atoms with Crippen LogP contribution in [0.2, 0.25) is 0 Å². The Bertz CT molecular complexity index is 439. The first-order chi connectivity index (χ1) is 6.86. The highest BCUT2D eigenvalue weighted by atomic mass is 16.7. The molecule has 3 rings (SSSR count). The molecule has 2 aliphatic heterocycles. The number of rotatable bonds is 0. The van der Waals surface area contributed by atoms with Crippen molar-refractivity contribution in [2.75, 3.05) is 11.9 Å². The highest BCUT2D eigenvalue weighted by Gasteiger charge is 2.31. The van der Waals surface area contributed by atoms with E-state index < -0.39 is 0 Å².